The topological polar surface area (TPSA) is 109 Å². The standard InChI is InChI=1S/C12H10N4O3S/c13-5-10-3-4-11(19-10)20(17,18)16-9-6-14-12(15-7-9)8-1-2-8/h3-4,6-8,16H,1-2H2. The Bertz CT molecular complexity index is 770. The highest BCUT2D eigenvalue weighted by atomic mass is 32.2. The number of rotatable bonds is 4. The highest BCUT2D eigenvalue weighted by molar-refractivity contribution is 7.92. The Kier molecular flexibility index (Phi) is 2.91. The lowest BCUT2D eigenvalue weighted by atomic mass is 10.4. The molecule has 0 radical (unpaired) electrons. The maximum atomic E-state index is 12.0. The smallest absolute Gasteiger partial charge is 0.295 e. The second-order valence-electron chi connectivity index (χ2n) is 4.44. The molecule has 0 aromatic carbocycles. The lowest BCUT2D eigenvalue weighted by molar-refractivity contribution is 0.442. The Morgan fingerprint density at radius 2 is 2.00 bits per heavy atom. The van der Waals surface area contributed by atoms with Gasteiger partial charge >= 0.3 is 0 Å². The summed E-state index contributed by atoms with van der Waals surface area (Å²) >= 11 is 0. The first kappa shape index (κ1) is 12.6. The number of hydrogen-bond donors (Lipinski definition) is 1. The maximum absolute atomic E-state index is 12.0. The number of furan rings is 1. The minimum Gasteiger partial charge on any atom is -0.432 e. The molecule has 2 heterocycles. The summed E-state index contributed by atoms with van der Waals surface area (Å²) in [7, 11) is -3.87. The Labute approximate surface area is 115 Å². The van der Waals surface area contributed by atoms with Gasteiger partial charge in [-0.1, -0.05) is 0 Å². The summed E-state index contributed by atoms with van der Waals surface area (Å²) in [6.45, 7) is 0. The van der Waals surface area contributed by atoms with E-state index < -0.39 is 10.0 Å². The van der Waals surface area contributed by atoms with Gasteiger partial charge in [0.2, 0.25) is 10.9 Å². The van der Waals surface area contributed by atoms with Crippen LogP contribution in [0.3, 0.4) is 0 Å². The van der Waals surface area contributed by atoms with Crippen molar-refractivity contribution >= 4 is 15.7 Å². The fourth-order valence-corrected chi connectivity index (χ4v) is 2.64. The molecule has 0 aliphatic heterocycles. The number of hydrogen-bond acceptors (Lipinski definition) is 6. The number of nitrogens with one attached hydrogen (secondary N) is 1. The molecule has 1 N–H and O–H groups in total. The van der Waals surface area contributed by atoms with Gasteiger partial charge in [-0.05, 0) is 25.0 Å². The van der Waals surface area contributed by atoms with Crippen LogP contribution in [-0.2, 0) is 10.0 Å². The van der Waals surface area contributed by atoms with E-state index in [-0.39, 0.29) is 16.5 Å². The molecule has 0 saturated heterocycles. The molecule has 20 heavy (non-hydrogen) atoms. The minimum absolute atomic E-state index is 0.0642. The number of nitriles is 1. The largest absolute Gasteiger partial charge is 0.432 e. The van der Waals surface area contributed by atoms with Gasteiger partial charge in [-0.2, -0.15) is 13.7 Å². The quantitative estimate of drug-likeness (QED) is 0.916. The average molecular weight is 290 g/mol. The molecule has 0 bridgehead atoms. The van der Waals surface area contributed by atoms with Crippen molar-refractivity contribution in [2.75, 3.05) is 4.72 Å². The van der Waals surface area contributed by atoms with Gasteiger partial charge in [-0.15, -0.1) is 0 Å². The molecule has 102 valence electrons. The molecule has 2 aromatic rings. The summed E-state index contributed by atoms with van der Waals surface area (Å²) in [5.74, 6) is 1.08. The van der Waals surface area contributed by atoms with Crippen LogP contribution in [0.4, 0.5) is 5.69 Å². The molecular formula is C12H10N4O3S. The van der Waals surface area contributed by atoms with E-state index in [0.29, 0.717) is 5.92 Å². The van der Waals surface area contributed by atoms with E-state index in [1.807, 2.05) is 0 Å². The van der Waals surface area contributed by atoms with Crippen molar-refractivity contribution in [3.8, 4) is 6.07 Å². The Hall–Kier alpha value is -2.40. The molecule has 3 rings (SSSR count). The SMILES string of the molecule is N#Cc1ccc(S(=O)(=O)Nc2cnc(C3CC3)nc2)o1. The van der Waals surface area contributed by atoms with Crippen LogP contribution in [0.5, 0.6) is 0 Å². The zero-order valence-corrected chi connectivity index (χ0v) is 11.1. The van der Waals surface area contributed by atoms with Crippen LogP contribution in [0.2, 0.25) is 0 Å². The summed E-state index contributed by atoms with van der Waals surface area (Å²) in [5, 5.41) is 8.30. The van der Waals surface area contributed by atoms with Crippen LogP contribution in [0.1, 0.15) is 30.3 Å². The van der Waals surface area contributed by atoms with Gasteiger partial charge in [0.1, 0.15) is 11.9 Å². The van der Waals surface area contributed by atoms with Gasteiger partial charge in [0.05, 0.1) is 18.1 Å². The van der Waals surface area contributed by atoms with E-state index in [4.69, 9.17) is 9.68 Å². The molecule has 1 fully saturated rings. The van der Waals surface area contributed by atoms with Gasteiger partial charge in [-0.3, -0.25) is 4.72 Å². The summed E-state index contributed by atoms with van der Waals surface area (Å²) in [6, 6.07) is 4.24. The average Bonchev–Trinajstić information content (AvgIpc) is 3.16. The summed E-state index contributed by atoms with van der Waals surface area (Å²) in [5.41, 5.74) is 0.254. The Balaban J connectivity index is 1.80. The number of aromatic nitrogens is 2. The Morgan fingerprint density at radius 3 is 2.55 bits per heavy atom. The molecular weight excluding hydrogens is 280 g/mol. The first-order valence-electron chi connectivity index (χ1n) is 5.93. The first-order valence-corrected chi connectivity index (χ1v) is 7.41. The molecule has 0 unspecified atom stereocenters. The van der Waals surface area contributed by atoms with Crippen LogP contribution >= 0.6 is 0 Å². The van der Waals surface area contributed by atoms with E-state index >= 15 is 0 Å². The van der Waals surface area contributed by atoms with Crippen molar-refractivity contribution in [1.82, 2.24) is 9.97 Å². The van der Waals surface area contributed by atoms with Crippen molar-refractivity contribution < 1.29 is 12.8 Å². The third-order valence-corrected chi connectivity index (χ3v) is 4.08. The normalized spacial score (nSPS) is 14.8. The van der Waals surface area contributed by atoms with E-state index in [9.17, 15) is 8.42 Å². The van der Waals surface area contributed by atoms with Crippen molar-refractivity contribution in [1.29, 1.82) is 5.26 Å². The highest BCUT2D eigenvalue weighted by Crippen LogP contribution is 2.37. The Morgan fingerprint density at radius 1 is 1.30 bits per heavy atom. The van der Waals surface area contributed by atoms with Crippen molar-refractivity contribution in [3.05, 3.63) is 36.1 Å². The van der Waals surface area contributed by atoms with Crippen LogP contribution in [0.25, 0.3) is 0 Å². The third-order valence-electron chi connectivity index (χ3n) is 2.82. The first-order chi connectivity index (χ1) is 9.58. The minimum atomic E-state index is -3.87. The molecule has 1 aliphatic carbocycles. The zero-order chi connectivity index (χ0) is 14.2. The summed E-state index contributed by atoms with van der Waals surface area (Å²) < 4.78 is 31.2. The van der Waals surface area contributed by atoms with Crippen LogP contribution in [0, 0.1) is 11.3 Å². The van der Waals surface area contributed by atoms with E-state index in [1.165, 1.54) is 24.5 Å². The van der Waals surface area contributed by atoms with E-state index in [2.05, 4.69) is 14.7 Å². The van der Waals surface area contributed by atoms with Gasteiger partial charge in [0.15, 0.2) is 0 Å². The van der Waals surface area contributed by atoms with Crippen LogP contribution in [0.15, 0.2) is 34.0 Å². The second-order valence-corrected chi connectivity index (χ2v) is 6.05. The third kappa shape index (κ3) is 2.48. The van der Waals surface area contributed by atoms with E-state index in [1.54, 1.807) is 6.07 Å². The summed E-state index contributed by atoms with van der Waals surface area (Å²) in [4.78, 5) is 8.24. The fraction of sp³-hybridized carbons (Fsp3) is 0.250. The predicted molar refractivity (Wildman–Crippen MR) is 68.2 cm³/mol. The molecule has 1 aliphatic rings. The maximum Gasteiger partial charge on any atom is 0.295 e. The zero-order valence-electron chi connectivity index (χ0n) is 10.3. The predicted octanol–water partition coefficient (Wildman–Crippen LogP) is 1.62. The molecule has 2 aromatic heterocycles. The van der Waals surface area contributed by atoms with Gasteiger partial charge in [0, 0.05) is 5.92 Å². The van der Waals surface area contributed by atoms with Crippen molar-refractivity contribution in [3.63, 3.8) is 0 Å². The van der Waals surface area contributed by atoms with Crippen LogP contribution in [-0.4, -0.2) is 18.4 Å². The molecule has 8 heteroatoms. The van der Waals surface area contributed by atoms with Crippen molar-refractivity contribution in [2.24, 2.45) is 0 Å². The molecule has 0 amide bonds. The van der Waals surface area contributed by atoms with Crippen LogP contribution < -0.4 is 4.72 Å². The summed E-state index contributed by atoms with van der Waals surface area (Å²) in [6.07, 6.45) is 5.00. The lowest BCUT2D eigenvalue weighted by Gasteiger charge is -2.05. The number of anilines is 1. The fourth-order valence-electron chi connectivity index (χ4n) is 1.67. The molecule has 1 saturated carbocycles. The highest BCUT2D eigenvalue weighted by Gasteiger charge is 2.26. The van der Waals surface area contributed by atoms with Crippen molar-refractivity contribution in [2.45, 2.75) is 23.9 Å². The monoisotopic (exact) mass is 290 g/mol. The number of nitrogens with zero attached hydrogens (tertiary/aromatic N) is 3. The van der Waals surface area contributed by atoms with Gasteiger partial charge in [-0.25, -0.2) is 9.97 Å². The van der Waals surface area contributed by atoms with Gasteiger partial charge in [0.25, 0.3) is 10.0 Å². The number of sulfonamides is 1. The van der Waals surface area contributed by atoms with E-state index in [0.717, 1.165) is 18.7 Å². The molecule has 7 nitrogen and oxygen atoms in total. The second kappa shape index (κ2) is 4.61. The molecule has 0 atom stereocenters. The lowest BCUT2D eigenvalue weighted by Crippen LogP contribution is -2.12. The molecule has 0 spiro atoms. The van der Waals surface area contributed by atoms with Gasteiger partial charge < -0.3 is 4.42 Å².